The van der Waals surface area contributed by atoms with Crippen LogP contribution in [0.5, 0.6) is 0 Å². The number of Topliss-reactive ketones (excluding diaryl/α,β-unsaturated/α-hetero) is 1. The largest absolute Gasteiger partial charge is 0.396 e. The van der Waals surface area contributed by atoms with E-state index in [9.17, 15) is 14.7 Å². The second kappa shape index (κ2) is 9.01. The van der Waals surface area contributed by atoms with E-state index < -0.39 is 0 Å². The summed E-state index contributed by atoms with van der Waals surface area (Å²) in [6.45, 7) is 4.75. The number of ketones is 1. The molecule has 1 fully saturated rings. The molecule has 2 heterocycles. The predicted molar refractivity (Wildman–Crippen MR) is 120 cm³/mol. The summed E-state index contributed by atoms with van der Waals surface area (Å²) in [5.41, 5.74) is 3.37. The SMILES string of the molecule is CC(C)[C@H]1C(=O)N[C@H](CO)Cc2c[nH]c3c(C(=O)CCCO)ccc(c23)N1CC1CC1. The van der Waals surface area contributed by atoms with E-state index >= 15 is 0 Å². The van der Waals surface area contributed by atoms with Crippen LogP contribution in [0.25, 0.3) is 10.9 Å². The van der Waals surface area contributed by atoms with Gasteiger partial charge in [-0.15, -0.1) is 0 Å². The Labute approximate surface area is 182 Å². The van der Waals surface area contributed by atoms with Crippen molar-refractivity contribution in [2.24, 2.45) is 11.8 Å². The van der Waals surface area contributed by atoms with Gasteiger partial charge in [0.25, 0.3) is 0 Å². The van der Waals surface area contributed by atoms with E-state index in [0.29, 0.717) is 30.7 Å². The van der Waals surface area contributed by atoms with Crippen LogP contribution >= 0.6 is 0 Å². The lowest BCUT2D eigenvalue weighted by molar-refractivity contribution is -0.124. The van der Waals surface area contributed by atoms with E-state index in [4.69, 9.17) is 5.11 Å². The van der Waals surface area contributed by atoms with Gasteiger partial charge in [0, 0.05) is 42.4 Å². The van der Waals surface area contributed by atoms with E-state index in [-0.39, 0.29) is 42.9 Å². The molecule has 0 unspecified atom stereocenters. The van der Waals surface area contributed by atoms with Crippen LogP contribution < -0.4 is 10.2 Å². The molecule has 0 spiro atoms. The summed E-state index contributed by atoms with van der Waals surface area (Å²) in [6, 6.07) is 3.11. The third-order valence-electron chi connectivity index (χ3n) is 6.49. The molecule has 7 heteroatoms. The average molecular weight is 428 g/mol. The first-order chi connectivity index (χ1) is 14.9. The monoisotopic (exact) mass is 427 g/mol. The van der Waals surface area contributed by atoms with E-state index in [1.54, 1.807) is 0 Å². The normalized spacial score (nSPS) is 21.7. The van der Waals surface area contributed by atoms with Crippen molar-refractivity contribution in [2.75, 3.05) is 24.7 Å². The van der Waals surface area contributed by atoms with Crippen molar-refractivity contribution in [3.63, 3.8) is 0 Å². The molecule has 2 aromatic rings. The van der Waals surface area contributed by atoms with E-state index in [0.717, 1.165) is 28.7 Å². The highest BCUT2D eigenvalue weighted by Crippen LogP contribution is 2.39. The number of anilines is 1. The Hall–Kier alpha value is -2.38. The van der Waals surface area contributed by atoms with Gasteiger partial charge < -0.3 is 25.4 Å². The van der Waals surface area contributed by atoms with Crippen LogP contribution in [0.4, 0.5) is 5.69 Å². The molecule has 0 bridgehead atoms. The summed E-state index contributed by atoms with van der Waals surface area (Å²) in [7, 11) is 0. The van der Waals surface area contributed by atoms with Crippen molar-refractivity contribution in [3.05, 3.63) is 29.5 Å². The Morgan fingerprint density at radius 1 is 1.26 bits per heavy atom. The zero-order valence-electron chi connectivity index (χ0n) is 18.4. The highest BCUT2D eigenvalue weighted by Gasteiger charge is 2.37. The van der Waals surface area contributed by atoms with Crippen LogP contribution in [0.15, 0.2) is 18.3 Å². The van der Waals surface area contributed by atoms with Gasteiger partial charge >= 0.3 is 0 Å². The molecule has 1 amide bonds. The summed E-state index contributed by atoms with van der Waals surface area (Å²) in [5.74, 6) is 0.599. The number of carbonyl (C=O) groups is 2. The van der Waals surface area contributed by atoms with Gasteiger partial charge in [-0.2, -0.15) is 0 Å². The zero-order valence-corrected chi connectivity index (χ0v) is 18.4. The highest BCUT2D eigenvalue weighted by molar-refractivity contribution is 6.11. The first-order valence-electron chi connectivity index (χ1n) is 11.4. The van der Waals surface area contributed by atoms with Gasteiger partial charge in [0.2, 0.25) is 5.91 Å². The Bertz CT molecular complexity index is 963. The smallest absolute Gasteiger partial charge is 0.243 e. The number of aliphatic hydroxyl groups is 2. The summed E-state index contributed by atoms with van der Waals surface area (Å²) in [4.78, 5) is 31.6. The molecule has 1 saturated carbocycles. The molecule has 1 aliphatic carbocycles. The number of aromatic amines is 1. The topological polar surface area (TPSA) is 106 Å². The number of rotatable bonds is 8. The highest BCUT2D eigenvalue weighted by atomic mass is 16.3. The fourth-order valence-corrected chi connectivity index (χ4v) is 4.76. The summed E-state index contributed by atoms with van der Waals surface area (Å²) < 4.78 is 0. The van der Waals surface area contributed by atoms with Gasteiger partial charge in [-0.25, -0.2) is 0 Å². The quantitative estimate of drug-likeness (QED) is 0.484. The summed E-state index contributed by atoms with van der Waals surface area (Å²) in [6.07, 6.45) is 5.46. The number of hydrogen-bond acceptors (Lipinski definition) is 5. The van der Waals surface area contributed by atoms with Gasteiger partial charge in [-0.05, 0) is 55.2 Å². The molecular weight excluding hydrogens is 394 g/mol. The fourth-order valence-electron chi connectivity index (χ4n) is 4.76. The molecule has 168 valence electrons. The number of H-pyrrole nitrogens is 1. The van der Waals surface area contributed by atoms with Crippen molar-refractivity contribution in [1.82, 2.24) is 10.3 Å². The molecule has 0 radical (unpaired) electrons. The average Bonchev–Trinajstić information content (AvgIpc) is 3.46. The number of hydrogen-bond donors (Lipinski definition) is 4. The van der Waals surface area contributed by atoms with Gasteiger partial charge in [-0.3, -0.25) is 9.59 Å². The van der Waals surface area contributed by atoms with Crippen LogP contribution in [-0.4, -0.2) is 58.7 Å². The number of carbonyl (C=O) groups excluding carboxylic acids is 2. The molecule has 7 nitrogen and oxygen atoms in total. The Morgan fingerprint density at radius 2 is 2.03 bits per heavy atom. The van der Waals surface area contributed by atoms with Gasteiger partial charge in [0.1, 0.15) is 6.04 Å². The molecule has 31 heavy (non-hydrogen) atoms. The fraction of sp³-hybridized carbons (Fsp3) is 0.583. The number of benzene rings is 1. The molecule has 4 N–H and O–H groups in total. The van der Waals surface area contributed by atoms with Crippen molar-refractivity contribution in [2.45, 2.75) is 58.0 Å². The van der Waals surface area contributed by atoms with E-state index in [1.165, 1.54) is 12.8 Å². The maximum atomic E-state index is 13.3. The van der Waals surface area contributed by atoms with Crippen LogP contribution in [0, 0.1) is 11.8 Å². The van der Waals surface area contributed by atoms with Gasteiger partial charge in [0.15, 0.2) is 5.78 Å². The van der Waals surface area contributed by atoms with E-state index in [2.05, 4.69) is 29.0 Å². The Kier molecular flexibility index (Phi) is 6.34. The van der Waals surface area contributed by atoms with E-state index in [1.807, 2.05) is 18.3 Å². The van der Waals surface area contributed by atoms with Crippen molar-refractivity contribution in [1.29, 1.82) is 0 Å². The molecule has 1 aliphatic heterocycles. The lowest BCUT2D eigenvalue weighted by Crippen LogP contribution is -2.53. The molecular formula is C24H33N3O4. The molecule has 4 rings (SSSR count). The van der Waals surface area contributed by atoms with Crippen LogP contribution in [0.2, 0.25) is 0 Å². The predicted octanol–water partition coefficient (Wildman–Crippen LogP) is 2.40. The number of nitrogens with one attached hydrogen (secondary N) is 2. The van der Waals surface area contributed by atoms with Crippen molar-refractivity contribution >= 4 is 28.3 Å². The lowest BCUT2D eigenvalue weighted by atomic mass is 9.96. The minimum Gasteiger partial charge on any atom is -0.396 e. The Morgan fingerprint density at radius 3 is 2.68 bits per heavy atom. The van der Waals surface area contributed by atoms with Crippen LogP contribution in [-0.2, 0) is 11.2 Å². The van der Waals surface area contributed by atoms with Crippen molar-refractivity contribution in [3.8, 4) is 0 Å². The third-order valence-corrected chi connectivity index (χ3v) is 6.49. The zero-order chi connectivity index (χ0) is 22.1. The van der Waals surface area contributed by atoms with Crippen LogP contribution in [0.3, 0.4) is 0 Å². The first-order valence-corrected chi connectivity index (χ1v) is 11.4. The molecule has 0 saturated heterocycles. The Balaban J connectivity index is 1.89. The van der Waals surface area contributed by atoms with Gasteiger partial charge in [0.05, 0.1) is 18.2 Å². The second-order valence-corrected chi connectivity index (χ2v) is 9.32. The first kappa shape index (κ1) is 21.8. The number of nitrogens with zero attached hydrogens (tertiary/aromatic N) is 1. The molecule has 1 aromatic carbocycles. The number of aromatic nitrogens is 1. The minimum absolute atomic E-state index is 0.00376. The maximum absolute atomic E-state index is 13.3. The van der Waals surface area contributed by atoms with Gasteiger partial charge in [-0.1, -0.05) is 13.8 Å². The maximum Gasteiger partial charge on any atom is 0.243 e. The third kappa shape index (κ3) is 4.34. The number of aliphatic hydroxyl groups excluding tert-OH is 2. The molecule has 2 atom stereocenters. The van der Waals surface area contributed by atoms with Crippen LogP contribution in [0.1, 0.15) is 55.5 Å². The molecule has 1 aromatic heterocycles. The van der Waals surface area contributed by atoms with Crippen molar-refractivity contribution < 1.29 is 19.8 Å². The standard InChI is InChI=1S/C24H33N3O4/c1-14(2)23-24(31)26-17(13-29)10-16-11-25-22-18(20(30)4-3-9-28)7-8-19(21(16)22)27(23)12-15-5-6-15/h7-8,11,14-15,17,23,25,28-29H,3-6,9-10,12-13H2,1-2H3,(H,26,31)/t17-,23-/m0/s1. The summed E-state index contributed by atoms with van der Waals surface area (Å²) >= 11 is 0. The second-order valence-electron chi connectivity index (χ2n) is 9.32. The summed E-state index contributed by atoms with van der Waals surface area (Å²) in [5, 5.41) is 23.1. The number of amides is 1. The minimum atomic E-state index is -0.379. The lowest BCUT2D eigenvalue weighted by Gasteiger charge is -2.36. The molecule has 2 aliphatic rings.